The highest BCUT2D eigenvalue weighted by Gasteiger charge is 2.05. The van der Waals surface area contributed by atoms with Crippen LogP contribution in [-0.4, -0.2) is 0 Å². The zero-order chi connectivity index (χ0) is 13.1. The van der Waals surface area contributed by atoms with E-state index in [1.807, 2.05) is 6.92 Å². The minimum absolute atomic E-state index is 0.194. The first-order valence-corrected chi connectivity index (χ1v) is 5.49. The Balaban J connectivity index is 2.13. The van der Waals surface area contributed by atoms with Gasteiger partial charge in [-0.15, -0.1) is 0 Å². The van der Waals surface area contributed by atoms with E-state index in [2.05, 4.69) is 0 Å². The molecule has 0 heterocycles. The van der Waals surface area contributed by atoms with E-state index in [-0.39, 0.29) is 18.1 Å². The van der Waals surface area contributed by atoms with Gasteiger partial charge in [-0.05, 0) is 42.3 Å². The molecule has 2 aromatic carbocycles. The molecular weight excluding hydrogens is 236 g/mol. The van der Waals surface area contributed by atoms with Gasteiger partial charge < -0.3 is 10.5 Å². The third-order valence-corrected chi connectivity index (χ3v) is 2.67. The molecule has 0 amide bonds. The first-order chi connectivity index (χ1) is 8.56. The number of nitrogen functional groups attached to an aromatic ring is 1. The minimum Gasteiger partial charge on any atom is -0.487 e. The summed E-state index contributed by atoms with van der Waals surface area (Å²) in [5, 5.41) is 0. The normalized spacial score (nSPS) is 10.4. The smallest absolute Gasteiger partial charge is 0.142 e. The van der Waals surface area contributed by atoms with Gasteiger partial charge in [0, 0.05) is 6.07 Å². The SMILES string of the molecule is Cc1ccc(F)cc1COc1ccc(F)cc1N. The fourth-order valence-electron chi connectivity index (χ4n) is 1.60. The summed E-state index contributed by atoms with van der Waals surface area (Å²) in [6, 6.07) is 8.40. The zero-order valence-electron chi connectivity index (χ0n) is 9.91. The molecule has 18 heavy (non-hydrogen) atoms. The Morgan fingerprint density at radius 1 is 1.06 bits per heavy atom. The molecule has 0 spiro atoms. The number of hydrogen-bond donors (Lipinski definition) is 1. The summed E-state index contributed by atoms with van der Waals surface area (Å²) in [5.41, 5.74) is 7.50. The molecule has 0 fully saturated rings. The van der Waals surface area contributed by atoms with E-state index in [1.165, 1.54) is 30.3 Å². The first kappa shape index (κ1) is 12.4. The van der Waals surface area contributed by atoms with Crippen molar-refractivity contribution >= 4 is 5.69 Å². The molecule has 94 valence electrons. The van der Waals surface area contributed by atoms with Crippen LogP contribution in [0.3, 0.4) is 0 Å². The van der Waals surface area contributed by atoms with Crippen molar-refractivity contribution in [1.82, 2.24) is 0 Å². The highest BCUT2D eigenvalue weighted by Crippen LogP contribution is 2.23. The molecule has 4 heteroatoms. The lowest BCUT2D eigenvalue weighted by Crippen LogP contribution is -2.01. The Bertz CT molecular complexity index is 570. The van der Waals surface area contributed by atoms with E-state index in [9.17, 15) is 8.78 Å². The molecule has 0 aliphatic heterocycles. The fourth-order valence-corrected chi connectivity index (χ4v) is 1.60. The molecule has 2 aromatic rings. The molecule has 0 radical (unpaired) electrons. The molecular formula is C14H13F2NO. The summed E-state index contributed by atoms with van der Waals surface area (Å²) >= 11 is 0. The average Bonchev–Trinajstić information content (AvgIpc) is 2.32. The molecule has 0 aliphatic carbocycles. The van der Waals surface area contributed by atoms with Gasteiger partial charge in [0.25, 0.3) is 0 Å². The number of aryl methyl sites for hydroxylation is 1. The average molecular weight is 249 g/mol. The number of benzene rings is 2. The maximum atomic E-state index is 13.1. The lowest BCUT2D eigenvalue weighted by atomic mass is 10.1. The van der Waals surface area contributed by atoms with Gasteiger partial charge in [-0.25, -0.2) is 8.78 Å². The van der Waals surface area contributed by atoms with Crippen LogP contribution in [0.1, 0.15) is 11.1 Å². The topological polar surface area (TPSA) is 35.2 Å². The van der Waals surface area contributed by atoms with Gasteiger partial charge >= 0.3 is 0 Å². The first-order valence-electron chi connectivity index (χ1n) is 5.49. The van der Waals surface area contributed by atoms with Crippen LogP contribution >= 0.6 is 0 Å². The number of anilines is 1. The van der Waals surface area contributed by atoms with Gasteiger partial charge in [0.15, 0.2) is 0 Å². The fraction of sp³-hybridized carbons (Fsp3) is 0.143. The third kappa shape index (κ3) is 2.77. The van der Waals surface area contributed by atoms with Gasteiger partial charge in [-0.2, -0.15) is 0 Å². The van der Waals surface area contributed by atoms with E-state index in [0.717, 1.165) is 11.1 Å². The summed E-state index contributed by atoms with van der Waals surface area (Å²) in [7, 11) is 0. The molecule has 0 aromatic heterocycles. The Kier molecular flexibility index (Phi) is 3.46. The highest BCUT2D eigenvalue weighted by atomic mass is 19.1. The van der Waals surface area contributed by atoms with E-state index < -0.39 is 5.82 Å². The van der Waals surface area contributed by atoms with Crippen molar-refractivity contribution in [2.24, 2.45) is 0 Å². The Labute approximate surface area is 104 Å². The van der Waals surface area contributed by atoms with Gasteiger partial charge in [0.1, 0.15) is 24.0 Å². The maximum absolute atomic E-state index is 13.1. The number of hydrogen-bond acceptors (Lipinski definition) is 2. The van der Waals surface area contributed by atoms with Crippen LogP contribution < -0.4 is 10.5 Å². The lowest BCUT2D eigenvalue weighted by Gasteiger charge is -2.10. The van der Waals surface area contributed by atoms with Crippen molar-refractivity contribution in [3.8, 4) is 5.75 Å². The van der Waals surface area contributed by atoms with Crippen LogP contribution in [0.2, 0.25) is 0 Å². The molecule has 2 N–H and O–H groups in total. The molecule has 0 saturated heterocycles. The van der Waals surface area contributed by atoms with Gasteiger partial charge in [-0.3, -0.25) is 0 Å². The van der Waals surface area contributed by atoms with Crippen LogP contribution in [0.15, 0.2) is 36.4 Å². The summed E-state index contributed by atoms with van der Waals surface area (Å²) in [6.45, 7) is 2.06. The number of halogens is 2. The third-order valence-electron chi connectivity index (χ3n) is 2.67. The quantitative estimate of drug-likeness (QED) is 0.846. The van der Waals surface area contributed by atoms with Crippen LogP contribution in [0.5, 0.6) is 5.75 Å². The second kappa shape index (κ2) is 5.04. The molecule has 0 bridgehead atoms. The summed E-state index contributed by atoms with van der Waals surface area (Å²) in [5.74, 6) is -0.340. The minimum atomic E-state index is -0.415. The molecule has 2 rings (SSSR count). The van der Waals surface area contributed by atoms with Gasteiger partial charge in [0.2, 0.25) is 0 Å². The Morgan fingerprint density at radius 3 is 2.44 bits per heavy atom. The number of nitrogens with two attached hydrogens (primary N) is 1. The van der Waals surface area contributed by atoms with Crippen molar-refractivity contribution in [2.75, 3.05) is 5.73 Å². The van der Waals surface area contributed by atoms with E-state index in [4.69, 9.17) is 10.5 Å². The van der Waals surface area contributed by atoms with E-state index in [1.54, 1.807) is 6.07 Å². The second-order valence-electron chi connectivity index (χ2n) is 4.04. The van der Waals surface area contributed by atoms with Crippen molar-refractivity contribution < 1.29 is 13.5 Å². The number of ether oxygens (including phenoxy) is 1. The second-order valence-corrected chi connectivity index (χ2v) is 4.04. The summed E-state index contributed by atoms with van der Waals surface area (Å²) in [4.78, 5) is 0. The predicted octanol–water partition coefficient (Wildman–Crippen LogP) is 3.43. The molecule has 0 aliphatic rings. The lowest BCUT2D eigenvalue weighted by molar-refractivity contribution is 0.306. The van der Waals surface area contributed by atoms with Crippen LogP contribution in [0.25, 0.3) is 0 Å². The standard InChI is InChI=1S/C14H13F2NO/c1-9-2-3-11(15)6-10(9)8-18-14-5-4-12(16)7-13(14)17/h2-7H,8,17H2,1H3. The highest BCUT2D eigenvalue weighted by molar-refractivity contribution is 5.52. The van der Waals surface area contributed by atoms with E-state index in [0.29, 0.717) is 5.75 Å². The molecule has 0 unspecified atom stereocenters. The summed E-state index contributed by atoms with van der Waals surface area (Å²) < 4.78 is 31.4. The van der Waals surface area contributed by atoms with Crippen LogP contribution in [-0.2, 0) is 6.61 Å². The Hall–Kier alpha value is -2.10. The summed E-state index contributed by atoms with van der Waals surface area (Å²) in [6.07, 6.45) is 0. The van der Waals surface area contributed by atoms with Crippen molar-refractivity contribution in [2.45, 2.75) is 13.5 Å². The number of rotatable bonds is 3. The van der Waals surface area contributed by atoms with Crippen molar-refractivity contribution in [1.29, 1.82) is 0 Å². The van der Waals surface area contributed by atoms with Crippen molar-refractivity contribution in [3.63, 3.8) is 0 Å². The molecule has 0 saturated carbocycles. The monoisotopic (exact) mass is 249 g/mol. The molecule has 2 nitrogen and oxygen atoms in total. The predicted molar refractivity (Wildman–Crippen MR) is 66.3 cm³/mol. The Morgan fingerprint density at radius 2 is 1.72 bits per heavy atom. The maximum Gasteiger partial charge on any atom is 0.142 e. The van der Waals surface area contributed by atoms with Crippen LogP contribution in [0, 0.1) is 18.6 Å². The van der Waals surface area contributed by atoms with Gasteiger partial charge in [0.05, 0.1) is 5.69 Å². The van der Waals surface area contributed by atoms with Crippen LogP contribution in [0.4, 0.5) is 14.5 Å². The largest absolute Gasteiger partial charge is 0.487 e. The zero-order valence-corrected chi connectivity index (χ0v) is 9.91. The van der Waals surface area contributed by atoms with E-state index >= 15 is 0 Å². The van der Waals surface area contributed by atoms with Gasteiger partial charge in [-0.1, -0.05) is 6.07 Å². The molecule has 0 atom stereocenters. The van der Waals surface area contributed by atoms with Crippen molar-refractivity contribution in [3.05, 3.63) is 59.2 Å².